The molecule has 0 atom stereocenters. The normalized spacial score (nSPS) is 10.7. The molecule has 2 N–H and O–H groups in total. The van der Waals surface area contributed by atoms with Gasteiger partial charge in [0, 0.05) is 6.07 Å². The number of aromatic hydroxyl groups is 1. The molecule has 3 rings (SSSR count). The van der Waals surface area contributed by atoms with E-state index in [0.717, 1.165) is 12.1 Å². The number of para-hydroxylation sites is 1. The first-order chi connectivity index (χ1) is 11.0. The van der Waals surface area contributed by atoms with E-state index >= 15 is 0 Å². The summed E-state index contributed by atoms with van der Waals surface area (Å²) in [5.41, 5.74) is -1.95. The highest BCUT2D eigenvalue weighted by Gasteiger charge is 2.21. The van der Waals surface area contributed by atoms with Gasteiger partial charge in [0.2, 0.25) is 0 Å². The van der Waals surface area contributed by atoms with Crippen LogP contribution < -0.4 is 10.9 Å². The van der Waals surface area contributed by atoms with Crippen molar-refractivity contribution in [1.82, 2.24) is 0 Å². The van der Waals surface area contributed by atoms with Crippen molar-refractivity contribution in [2.45, 2.75) is 0 Å². The first-order valence-corrected chi connectivity index (χ1v) is 6.48. The highest BCUT2D eigenvalue weighted by atomic mass is 19.1. The van der Waals surface area contributed by atoms with E-state index in [1.54, 1.807) is 12.1 Å². The van der Waals surface area contributed by atoms with Crippen molar-refractivity contribution in [3.63, 3.8) is 0 Å². The average Bonchev–Trinajstić information content (AvgIpc) is 2.50. The van der Waals surface area contributed by atoms with Crippen LogP contribution in [0.4, 0.5) is 14.5 Å². The minimum atomic E-state index is -1.07. The van der Waals surface area contributed by atoms with E-state index in [4.69, 9.17) is 4.42 Å². The summed E-state index contributed by atoms with van der Waals surface area (Å²) in [6.45, 7) is 0. The zero-order valence-corrected chi connectivity index (χ0v) is 11.5. The van der Waals surface area contributed by atoms with Gasteiger partial charge in [-0.3, -0.25) is 4.79 Å². The molecule has 0 unspecified atom stereocenters. The standard InChI is InChI=1S/C16H9F2NO4/c17-8-5-6-11(10(18)7-8)19-15(21)13-14(20)9-3-1-2-4-12(9)23-16(13)22/h1-7,20H,(H,19,21). The molecule has 0 saturated carbocycles. The first-order valence-electron chi connectivity index (χ1n) is 6.48. The summed E-state index contributed by atoms with van der Waals surface area (Å²) >= 11 is 0. The van der Waals surface area contributed by atoms with Crippen molar-refractivity contribution in [2.75, 3.05) is 5.32 Å². The van der Waals surface area contributed by atoms with Crippen LogP contribution in [0.2, 0.25) is 0 Å². The minimum Gasteiger partial charge on any atom is -0.506 e. The van der Waals surface area contributed by atoms with E-state index in [0.29, 0.717) is 6.07 Å². The van der Waals surface area contributed by atoms with Gasteiger partial charge in [0.05, 0.1) is 11.1 Å². The van der Waals surface area contributed by atoms with Gasteiger partial charge in [-0.2, -0.15) is 0 Å². The van der Waals surface area contributed by atoms with E-state index in [9.17, 15) is 23.5 Å². The summed E-state index contributed by atoms with van der Waals surface area (Å²) in [7, 11) is 0. The lowest BCUT2D eigenvalue weighted by atomic mass is 10.1. The minimum absolute atomic E-state index is 0.111. The van der Waals surface area contributed by atoms with Crippen molar-refractivity contribution in [2.24, 2.45) is 0 Å². The van der Waals surface area contributed by atoms with Crippen LogP contribution in [0.25, 0.3) is 11.0 Å². The van der Waals surface area contributed by atoms with Crippen LogP contribution in [0.3, 0.4) is 0 Å². The molecule has 0 spiro atoms. The number of hydrogen-bond acceptors (Lipinski definition) is 4. The summed E-state index contributed by atoms with van der Waals surface area (Å²) in [5.74, 6) is -3.46. The Labute approximate surface area is 127 Å². The van der Waals surface area contributed by atoms with Crippen LogP contribution >= 0.6 is 0 Å². The number of carbonyl (C=O) groups is 1. The second-order valence-corrected chi connectivity index (χ2v) is 4.69. The molecule has 0 fully saturated rings. The third-order valence-electron chi connectivity index (χ3n) is 3.19. The largest absolute Gasteiger partial charge is 0.506 e. The predicted octanol–water partition coefficient (Wildman–Crippen LogP) is 3.03. The number of benzene rings is 2. The summed E-state index contributed by atoms with van der Waals surface area (Å²) in [4.78, 5) is 24.0. The van der Waals surface area contributed by atoms with Crippen LogP contribution in [0.5, 0.6) is 5.75 Å². The lowest BCUT2D eigenvalue weighted by Gasteiger charge is -2.08. The fourth-order valence-electron chi connectivity index (χ4n) is 2.11. The second kappa shape index (κ2) is 5.53. The van der Waals surface area contributed by atoms with Crippen LogP contribution in [0, 0.1) is 11.6 Å². The maximum Gasteiger partial charge on any atom is 0.353 e. The van der Waals surface area contributed by atoms with Gasteiger partial charge in [0.1, 0.15) is 23.0 Å². The molecular formula is C16H9F2NO4. The molecule has 2 aromatic carbocycles. The fourth-order valence-corrected chi connectivity index (χ4v) is 2.11. The number of hydrogen-bond donors (Lipinski definition) is 2. The molecule has 0 saturated heterocycles. The molecule has 5 nitrogen and oxygen atoms in total. The molecule has 0 bridgehead atoms. The smallest absolute Gasteiger partial charge is 0.353 e. The number of rotatable bonds is 2. The lowest BCUT2D eigenvalue weighted by molar-refractivity contribution is 0.102. The average molecular weight is 317 g/mol. The molecule has 23 heavy (non-hydrogen) atoms. The Hall–Kier alpha value is -3.22. The monoisotopic (exact) mass is 317 g/mol. The Morgan fingerprint density at radius 2 is 1.87 bits per heavy atom. The van der Waals surface area contributed by atoms with Crippen molar-refractivity contribution < 1.29 is 23.1 Å². The number of amides is 1. The topological polar surface area (TPSA) is 79.5 Å². The van der Waals surface area contributed by atoms with Crippen LogP contribution in [0.15, 0.2) is 51.7 Å². The molecule has 1 amide bonds. The molecule has 0 aliphatic heterocycles. The first kappa shape index (κ1) is 14.7. The summed E-state index contributed by atoms with van der Waals surface area (Å²) < 4.78 is 31.4. The molecule has 0 aliphatic carbocycles. The highest BCUT2D eigenvalue weighted by Crippen LogP contribution is 2.26. The quantitative estimate of drug-likeness (QED) is 0.712. The summed E-state index contributed by atoms with van der Waals surface area (Å²) in [5, 5.41) is 12.4. The molecule has 3 aromatic rings. The van der Waals surface area contributed by atoms with Gasteiger partial charge in [-0.25, -0.2) is 13.6 Å². The van der Waals surface area contributed by atoms with Gasteiger partial charge in [0.25, 0.3) is 5.91 Å². The number of carbonyl (C=O) groups excluding carboxylic acids is 1. The molecule has 7 heteroatoms. The maximum atomic E-state index is 13.6. The van der Waals surface area contributed by atoms with Gasteiger partial charge < -0.3 is 14.8 Å². The lowest BCUT2D eigenvalue weighted by Crippen LogP contribution is -2.21. The Morgan fingerprint density at radius 1 is 1.13 bits per heavy atom. The summed E-state index contributed by atoms with van der Waals surface area (Å²) in [6.07, 6.45) is 0. The molecule has 1 heterocycles. The number of fused-ring (bicyclic) bond motifs is 1. The highest BCUT2D eigenvalue weighted by molar-refractivity contribution is 6.08. The zero-order chi connectivity index (χ0) is 16.6. The van der Waals surface area contributed by atoms with Crippen molar-refractivity contribution in [3.05, 3.63) is 70.1 Å². The SMILES string of the molecule is O=C(Nc1ccc(F)cc1F)c1c(O)c2ccccc2oc1=O. The Bertz CT molecular complexity index is 981. The number of halogens is 2. The molecule has 0 aliphatic rings. The van der Waals surface area contributed by atoms with Gasteiger partial charge in [-0.05, 0) is 24.3 Å². The van der Waals surface area contributed by atoms with Crippen LogP contribution in [-0.2, 0) is 0 Å². The van der Waals surface area contributed by atoms with Crippen molar-refractivity contribution in [1.29, 1.82) is 0 Å². The van der Waals surface area contributed by atoms with Crippen molar-refractivity contribution >= 4 is 22.6 Å². The molecule has 0 radical (unpaired) electrons. The maximum absolute atomic E-state index is 13.6. The molecule has 1 aromatic heterocycles. The Balaban J connectivity index is 2.06. The predicted molar refractivity (Wildman–Crippen MR) is 78.5 cm³/mol. The van der Waals surface area contributed by atoms with E-state index in [2.05, 4.69) is 5.32 Å². The molecule has 116 valence electrons. The fraction of sp³-hybridized carbons (Fsp3) is 0. The van der Waals surface area contributed by atoms with Crippen molar-refractivity contribution in [3.8, 4) is 5.75 Å². The summed E-state index contributed by atoms with van der Waals surface area (Å²) in [6, 6.07) is 8.63. The van der Waals surface area contributed by atoms with Gasteiger partial charge in [-0.15, -0.1) is 0 Å². The van der Waals surface area contributed by atoms with E-state index in [1.807, 2.05) is 0 Å². The number of nitrogens with one attached hydrogen (secondary N) is 1. The van der Waals surface area contributed by atoms with E-state index in [1.165, 1.54) is 12.1 Å². The van der Waals surface area contributed by atoms with E-state index < -0.39 is 34.5 Å². The van der Waals surface area contributed by atoms with Gasteiger partial charge >= 0.3 is 5.63 Å². The van der Waals surface area contributed by atoms with Crippen LogP contribution in [0.1, 0.15) is 10.4 Å². The number of anilines is 1. The Kier molecular flexibility index (Phi) is 3.53. The molecular weight excluding hydrogens is 308 g/mol. The van der Waals surface area contributed by atoms with E-state index in [-0.39, 0.29) is 16.7 Å². The third kappa shape index (κ3) is 2.64. The second-order valence-electron chi connectivity index (χ2n) is 4.69. The van der Waals surface area contributed by atoms with Gasteiger partial charge in [0.15, 0.2) is 5.56 Å². The zero-order valence-electron chi connectivity index (χ0n) is 11.5. The Morgan fingerprint density at radius 3 is 2.61 bits per heavy atom. The van der Waals surface area contributed by atoms with Gasteiger partial charge in [-0.1, -0.05) is 12.1 Å². The van der Waals surface area contributed by atoms with Crippen LogP contribution in [-0.4, -0.2) is 11.0 Å². The third-order valence-corrected chi connectivity index (χ3v) is 3.19.